The fourth-order valence-electron chi connectivity index (χ4n) is 1.43. The second-order valence-electron chi connectivity index (χ2n) is 4.05. The summed E-state index contributed by atoms with van der Waals surface area (Å²) in [5, 5.41) is 2.49. The molecule has 1 N–H and O–H groups in total. The van der Waals surface area contributed by atoms with Gasteiger partial charge in [-0.15, -0.1) is 6.42 Å². The maximum Gasteiger partial charge on any atom is 0.261 e. The minimum atomic E-state index is -3.78. The Labute approximate surface area is 122 Å². The highest BCUT2D eigenvalue weighted by Gasteiger charge is 2.17. The molecule has 5 nitrogen and oxygen atoms in total. The highest BCUT2D eigenvalue weighted by Crippen LogP contribution is 2.24. The molecule has 0 aliphatic heterocycles. The van der Waals surface area contributed by atoms with Gasteiger partial charge in [-0.05, 0) is 37.6 Å². The van der Waals surface area contributed by atoms with E-state index in [9.17, 15) is 13.2 Å². The lowest BCUT2D eigenvalue weighted by molar-refractivity contribution is -0.127. The number of nitrogens with one attached hydrogen (secondary N) is 1. The van der Waals surface area contributed by atoms with Gasteiger partial charge in [0.25, 0.3) is 15.0 Å². The van der Waals surface area contributed by atoms with Crippen molar-refractivity contribution in [2.75, 3.05) is 6.54 Å². The van der Waals surface area contributed by atoms with E-state index in [4.69, 9.17) is 21.8 Å². The summed E-state index contributed by atoms with van der Waals surface area (Å²) in [5.41, 5.74) is 0.559. The number of hydrogen-bond donors (Lipinski definition) is 1. The number of benzene rings is 1. The number of amides is 1. The zero-order chi connectivity index (χ0) is 15.3. The average molecular weight is 316 g/mol. The molecule has 20 heavy (non-hydrogen) atoms. The molecule has 1 aromatic rings. The molecule has 0 spiro atoms. The molecule has 1 unspecified atom stereocenters. The minimum Gasteiger partial charge on any atom is -0.481 e. The summed E-state index contributed by atoms with van der Waals surface area (Å²) < 4.78 is 27.8. The van der Waals surface area contributed by atoms with E-state index in [1.165, 1.54) is 18.2 Å². The average Bonchev–Trinajstić information content (AvgIpc) is 2.36. The highest BCUT2D eigenvalue weighted by atomic mass is 35.7. The molecule has 1 rings (SSSR count). The number of aryl methyl sites for hydroxylation is 1. The second-order valence-corrected chi connectivity index (χ2v) is 6.61. The lowest BCUT2D eigenvalue weighted by atomic mass is 10.2. The first-order chi connectivity index (χ1) is 9.25. The fraction of sp³-hybridized carbons (Fsp3) is 0.308. The topological polar surface area (TPSA) is 72.5 Å². The minimum absolute atomic E-state index is 0.0200. The Morgan fingerprint density at radius 2 is 2.20 bits per heavy atom. The van der Waals surface area contributed by atoms with Crippen molar-refractivity contribution >= 4 is 25.6 Å². The molecule has 0 aliphatic carbocycles. The van der Waals surface area contributed by atoms with Gasteiger partial charge in [0.05, 0.1) is 11.4 Å². The summed E-state index contributed by atoms with van der Waals surface area (Å²) in [7, 11) is 1.46. The van der Waals surface area contributed by atoms with Crippen molar-refractivity contribution in [2.45, 2.75) is 24.8 Å². The molecular weight excluding hydrogens is 302 g/mol. The largest absolute Gasteiger partial charge is 0.481 e. The van der Waals surface area contributed by atoms with Gasteiger partial charge in [0, 0.05) is 10.7 Å². The standard InChI is InChI=1S/C13H14ClNO4S/c1-4-7-15-13(16)10(3)19-12-6-5-11(8-9(12)2)20(14,17)18/h1,5-6,8,10H,7H2,2-3H3,(H,15,16). The van der Waals surface area contributed by atoms with Gasteiger partial charge in [-0.2, -0.15) is 0 Å². The van der Waals surface area contributed by atoms with Gasteiger partial charge in [-0.3, -0.25) is 4.79 Å². The predicted molar refractivity (Wildman–Crippen MR) is 76.2 cm³/mol. The Morgan fingerprint density at radius 3 is 2.70 bits per heavy atom. The number of carbonyl (C=O) groups is 1. The molecule has 108 valence electrons. The molecule has 0 saturated heterocycles. The number of carbonyl (C=O) groups excluding carboxylic acids is 1. The summed E-state index contributed by atoms with van der Waals surface area (Å²) in [6.45, 7) is 3.35. The van der Waals surface area contributed by atoms with Gasteiger partial charge in [0.15, 0.2) is 6.10 Å². The molecule has 0 radical (unpaired) electrons. The van der Waals surface area contributed by atoms with Crippen LogP contribution in [0.1, 0.15) is 12.5 Å². The normalized spacial score (nSPS) is 12.3. The lowest BCUT2D eigenvalue weighted by Crippen LogP contribution is -2.36. The molecule has 1 amide bonds. The Balaban J connectivity index is 2.84. The van der Waals surface area contributed by atoms with Crippen LogP contribution >= 0.6 is 10.7 Å². The van der Waals surface area contributed by atoms with Crippen LogP contribution in [0.25, 0.3) is 0 Å². The van der Waals surface area contributed by atoms with Crippen molar-refractivity contribution in [3.05, 3.63) is 23.8 Å². The van der Waals surface area contributed by atoms with Crippen LogP contribution in [0.5, 0.6) is 5.75 Å². The Hall–Kier alpha value is -1.71. The van der Waals surface area contributed by atoms with Gasteiger partial charge in [-0.25, -0.2) is 8.42 Å². The molecule has 0 aliphatic rings. The van der Waals surface area contributed by atoms with Crippen molar-refractivity contribution in [2.24, 2.45) is 0 Å². The summed E-state index contributed by atoms with van der Waals surface area (Å²) in [6.07, 6.45) is 4.29. The van der Waals surface area contributed by atoms with Crippen LogP contribution in [-0.2, 0) is 13.8 Å². The van der Waals surface area contributed by atoms with Crippen LogP contribution in [-0.4, -0.2) is 27.0 Å². The number of hydrogen-bond acceptors (Lipinski definition) is 4. The molecule has 0 heterocycles. The number of rotatable bonds is 5. The van der Waals surface area contributed by atoms with Crippen molar-refractivity contribution in [3.63, 3.8) is 0 Å². The molecule has 0 fully saturated rings. The monoisotopic (exact) mass is 315 g/mol. The zero-order valence-electron chi connectivity index (χ0n) is 11.0. The van der Waals surface area contributed by atoms with Gasteiger partial charge in [0.1, 0.15) is 5.75 Å². The van der Waals surface area contributed by atoms with Crippen LogP contribution in [0, 0.1) is 19.3 Å². The molecule has 7 heteroatoms. The summed E-state index contributed by atoms with van der Waals surface area (Å²) in [5.74, 6) is 2.33. The number of terminal acetylenes is 1. The third-order valence-corrected chi connectivity index (χ3v) is 3.82. The van der Waals surface area contributed by atoms with Gasteiger partial charge in [0.2, 0.25) is 0 Å². The van der Waals surface area contributed by atoms with E-state index in [0.29, 0.717) is 11.3 Å². The molecular formula is C13H14ClNO4S. The number of halogens is 1. The van der Waals surface area contributed by atoms with Crippen LogP contribution < -0.4 is 10.1 Å². The maximum absolute atomic E-state index is 11.6. The molecule has 1 aromatic carbocycles. The van der Waals surface area contributed by atoms with E-state index >= 15 is 0 Å². The van der Waals surface area contributed by atoms with Crippen LogP contribution in [0.15, 0.2) is 23.1 Å². The van der Waals surface area contributed by atoms with Crippen molar-refractivity contribution in [3.8, 4) is 18.1 Å². The molecule has 0 saturated carbocycles. The van der Waals surface area contributed by atoms with Crippen molar-refractivity contribution < 1.29 is 17.9 Å². The van der Waals surface area contributed by atoms with Gasteiger partial charge >= 0.3 is 0 Å². The summed E-state index contributed by atoms with van der Waals surface area (Å²) >= 11 is 0. The van der Waals surface area contributed by atoms with E-state index in [0.717, 1.165) is 0 Å². The van der Waals surface area contributed by atoms with Crippen LogP contribution in [0.3, 0.4) is 0 Å². The summed E-state index contributed by atoms with van der Waals surface area (Å²) in [6, 6.07) is 4.15. The van der Waals surface area contributed by atoms with Gasteiger partial charge in [-0.1, -0.05) is 5.92 Å². The first kappa shape index (κ1) is 16.3. The fourth-order valence-corrected chi connectivity index (χ4v) is 2.27. The second kappa shape index (κ2) is 6.64. The predicted octanol–water partition coefficient (Wildman–Crippen LogP) is 1.44. The maximum atomic E-state index is 11.6. The Kier molecular flexibility index (Phi) is 5.43. The van der Waals surface area contributed by atoms with E-state index in [1.54, 1.807) is 13.8 Å². The Morgan fingerprint density at radius 1 is 1.55 bits per heavy atom. The third-order valence-electron chi connectivity index (χ3n) is 2.47. The van der Waals surface area contributed by atoms with Gasteiger partial charge < -0.3 is 10.1 Å². The highest BCUT2D eigenvalue weighted by molar-refractivity contribution is 8.13. The van der Waals surface area contributed by atoms with E-state index in [2.05, 4.69) is 11.2 Å². The molecule has 1 atom stereocenters. The van der Waals surface area contributed by atoms with E-state index in [1.807, 2.05) is 0 Å². The zero-order valence-corrected chi connectivity index (χ0v) is 12.6. The lowest BCUT2D eigenvalue weighted by Gasteiger charge is -2.15. The Bertz CT molecular complexity index is 649. The SMILES string of the molecule is C#CCNC(=O)C(C)Oc1ccc(S(=O)(=O)Cl)cc1C. The molecule has 0 bridgehead atoms. The first-order valence-corrected chi connectivity index (χ1v) is 7.99. The molecule has 0 aromatic heterocycles. The van der Waals surface area contributed by atoms with Crippen molar-refractivity contribution in [1.29, 1.82) is 0 Å². The van der Waals surface area contributed by atoms with Crippen LogP contribution in [0.4, 0.5) is 0 Å². The first-order valence-electron chi connectivity index (χ1n) is 5.69. The third kappa shape index (κ3) is 4.44. The van der Waals surface area contributed by atoms with E-state index < -0.39 is 15.2 Å². The smallest absolute Gasteiger partial charge is 0.261 e. The van der Waals surface area contributed by atoms with E-state index in [-0.39, 0.29) is 17.3 Å². The number of ether oxygens (including phenoxy) is 1. The quantitative estimate of drug-likeness (QED) is 0.659. The van der Waals surface area contributed by atoms with Crippen LogP contribution in [0.2, 0.25) is 0 Å². The van der Waals surface area contributed by atoms with Crippen molar-refractivity contribution in [1.82, 2.24) is 5.32 Å². The summed E-state index contributed by atoms with van der Waals surface area (Å²) in [4.78, 5) is 11.6.